The smallest absolute Gasteiger partial charge is 0.197 e. The Morgan fingerprint density at radius 3 is 2.50 bits per heavy atom. The Morgan fingerprint density at radius 2 is 1.79 bits per heavy atom. The lowest BCUT2D eigenvalue weighted by atomic mass is 10.0. The van der Waals surface area contributed by atoms with Gasteiger partial charge >= 0.3 is 0 Å². The predicted molar refractivity (Wildman–Crippen MR) is 93.7 cm³/mol. The lowest BCUT2D eigenvalue weighted by molar-refractivity contribution is -0.0674. The monoisotopic (exact) mass is 332 g/mol. The van der Waals surface area contributed by atoms with Gasteiger partial charge in [-0.25, -0.2) is 4.39 Å². The predicted octanol–water partition coefficient (Wildman–Crippen LogP) is 5.52. The first-order valence-electron chi connectivity index (χ1n) is 8.47. The second-order valence-corrected chi connectivity index (χ2v) is 5.80. The summed E-state index contributed by atoms with van der Waals surface area (Å²) in [5.41, 5.74) is 1.61. The number of phenolic OH excluding ortho intramolecular Hbond substituents is 1. The molecule has 0 heterocycles. The van der Waals surface area contributed by atoms with E-state index in [1.54, 1.807) is 30.3 Å². The molecule has 0 radical (unpaired) electrons. The van der Waals surface area contributed by atoms with Gasteiger partial charge in [-0.2, -0.15) is 0 Å². The first-order valence-corrected chi connectivity index (χ1v) is 8.47. The molecular weight excluding hydrogens is 307 g/mol. The van der Waals surface area contributed by atoms with Crippen molar-refractivity contribution in [1.29, 1.82) is 0 Å². The lowest BCUT2D eigenvalue weighted by Gasteiger charge is -2.18. The Bertz CT molecular complexity index is 625. The number of aromatic hydroxyl groups is 1. The molecule has 0 saturated heterocycles. The van der Waals surface area contributed by atoms with Crippen LogP contribution in [0, 0.1) is 5.82 Å². The minimum Gasteiger partial charge on any atom is -0.508 e. The molecule has 2 aromatic carbocycles. The number of hydrogen-bond acceptors (Lipinski definition) is 3. The van der Waals surface area contributed by atoms with E-state index in [4.69, 9.17) is 9.47 Å². The zero-order valence-electron chi connectivity index (χ0n) is 14.3. The summed E-state index contributed by atoms with van der Waals surface area (Å²) in [6.45, 7) is 4.61. The molecule has 0 aliphatic heterocycles. The van der Waals surface area contributed by atoms with Crippen LogP contribution in [0.5, 0.6) is 11.5 Å². The van der Waals surface area contributed by atoms with E-state index in [0.717, 1.165) is 24.0 Å². The normalized spacial score (nSPS) is 12.1. The fourth-order valence-corrected chi connectivity index (χ4v) is 2.46. The quantitative estimate of drug-likeness (QED) is 0.485. The molecule has 0 amide bonds. The van der Waals surface area contributed by atoms with Crippen LogP contribution in [-0.2, 0) is 4.74 Å². The topological polar surface area (TPSA) is 38.7 Å². The van der Waals surface area contributed by atoms with Gasteiger partial charge in [-0.1, -0.05) is 38.3 Å². The maximum absolute atomic E-state index is 13.6. The van der Waals surface area contributed by atoms with Crippen molar-refractivity contribution in [2.24, 2.45) is 0 Å². The molecule has 1 N–H and O–H groups in total. The first-order chi connectivity index (χ1) is 11.6. The van der Waals surface area contributed by atoms with Crippen LogP contribution in [0.25, 0.3) is 11.1 Å². The Hall–Kier alpha value is -2.07. The number of unbranched alkanes of at least 4 members (excludes halogenated alkanes) is 3. The van der Waals surface area contributed by atoms with Gasteiger partial charge in [-0.3, -0.25) is 0 Å². The molecular formula is C20H25FO3. The Labute approximate surface area is 143 Å². The van der Waals surface area contributed by atoms with Crippen LogP contribution >= 0.6 is 0 Å². The second kappa shape index (κ2) is 9.28. The van der Waals surface area contributed by atoms with Crippen molar-refractivity contribution in [3.05, 3.63) is 48.3 Å². The molecule has 2 aromatic rings. The van der Waals surface area contributed by atoms with Gasteiger partial charge in [0.1, 0.15) is 17.3 Å². The van der Waals surface area contributed by atoms with Crippen molar-refractivity contribution in [1.82, 2.24) is 0 Å². The molecule has 1 unspecified atom stereocenters. The second-order valence-electron chi connectivity index (χ2n) is 5.80. The fourth-order valence-electron chi connectivity index (χ4n) is 2.46. The van der Waals surface area contributed by atoms with Gasteiger partial charge < -0.3 is 14.6 Å². The standard InChI is InChI=1S/C20H25FO3/c1-3-4-5-6-13-23-15(2)24-20-14-17(21)9-12-19(20)16-7-10-18(22)11-8-16/h7-12,14-15,22H,3-6,13H2,1-2H3. The zero-order valence-corrected chi connectivity index (χ0v) is 14.3. The highest BCUT2D eigenvalue weighted by atomic mass is 19.1. The average Bonchev–Trinajstić information content (AvgIpc) is 2.56. The molecule has 24 heavy (non-hydrogen) atoms. The summed E-state index contributed by atoms with van der Waals surface area (Å²) in [6.07, 6.45) is 4.07. The van der Waals surface area contributed by atoms with Gasteiger partial charge in [0.15, 0.2) is 6.29 Å². The van der Waals surface area contributed by atoms with Gasteiger partial charge in [0, 0.05) is 11.6 Å². The molecule has 0 fully saturated rings. The lowest BCUT2D eigenvalue weighted by Crippen LogP contribution is -2.17. The van der Waals surface area contributed by atoms with Crippen molar-refractivity contribution in [3.8, 4) is 22.6 Å². The Balaban J connectivity index is 2.03. The van der Waals surface area contributed by atoms with Gasteiger partial charge in [0.25, 0.3) is 0 Å². The van der Waals surface area contributed by atoms with Gasteiger partial charge in [0.2, 0.25) is 0 Å². The highest BCUT2D eigenvalue weighted by Crippen LogP contribution is 2.32. The third-order valence-corrected chi connectivity index (χ3v) is 3.77. The van der Waals surface area contributed by atoms with Crippen molar-refractivity contribution in [2.45, 2.75) is 45.8 Å². The molecule has 2 rings (SSSR count). The summed E-state index contributed by atoms with van der Waals surface area (Å²) >= 11 is 0. The molecule has 4 heteroatoms. The Kier molecular flexibility index (Phi) is 7.07. The fraction of sp³-hybridized carbons (Fsp3) is 0.400. The summed E-state index contributed by atoms with van der Waals surface area (Å²) in [4.78, 5) is 0. The number of phenols is 1. The number of rotatable bonds is 9. The molecule has 3 nitrogen and oxygen atoms in total. The van der Waals surface area contributed by atoms with Crippen LogP contribution in [-0.4, -0.2) is 18.0 Å². The number of hydrogen-bond donors (Lipinski definition) is 1. The van der Waals surface area contributed by atoms with Crippen LogP contribution < -0.4 is 4.74 Å². The van der Waals surface area contributed by atoms with E-state index in [0.29, 0.717) is 12.4 Å². The number of halogens is 1. The molecule has 0 spiro atoms. The van der Waals surface area contributed by atoms with Gasteiger partial charge in [-0.05, 0) is 43.2 Å². The third-order valence-electron chi connectivity index (χ3n) is 3.77. The molecule has 0 aliphatic carbocycles. The summed E-state index contributed by atoms with van der Waals surface area (Å²) in [7, 11) is 0. The van der Waals surface area contributed by atoms with Crippen LogP contribution in [0.2, 0.25) is 0 Å². The van der Waals surface area contributed by atoms with E-state index in [-0.39, 0.29) is 11.6 Å². The van der Waals surface area contributed by atoms with Crippen LogP contribution in [0.15, 0.2) is 42.5 Å². The van der Waals surface area contributed by atoms with E-state index in [9.17, 15) is 9.50 Å². The van der Waals surface area contributed by atoms with Gasteiger partial charge in [0.05, 0.1) is 6.61 Å². The molecule has 130 valence electrons. The maximum Gasteiger partial charge on any atom is 0.197 e. The van der Waals surface area contributed by atoms with E-state index >= 15 is 0 Å². The van der Waals surface area contributed by atoms with Crippen LogP contribution in [0.3, 0.4) is 0 Å². The van der Waals surface area contributed by atoms with E-state index < -0.39 is 6.29 Å². The largest absolute Gasteiger partial charge is 0.508 e. The molecule has 0 aliphatic rings. The van der Waals surface area contributed by atoms with Crippen LogP contribution in [0.1, 0.15) is 39.5 Å². The first kappa shape index (κ1) is 18.3. The van der Waals surface area contributed by atoms with Crippen molar-refractivity contribution in [3.63, 3.8) is 0 Å². The van der Waals surface area contributed by atoms with Gasteiger partial charge in [-0.15, -0.1) is 0 Å². The highest BCUT2D eigenvalue weighted by Gasteiger charge is 2.12. The number of benzene rings is 2. The maximum atomic E-state index is 13.6. The molecule has 0 aromatic heterocycles. The van der Waals surface area contributed by atoms with E-state index in [1.807, 2.05) is 6.92 Å². The molecule has 1 atom stereocenters. The SMILES string of the molecule is CCCCCCOC(C)Oc1cc(F)ccc1-c1ccc(O)cc1. The minimum atomic E-state index is -0.454. The summed E-state index contributed by atoms with van der Waals surface area (Å²) in [6, 6.07) is 11.2. The van der Waals surface area contributed by atoms with Crippen molar-refractivity contribution in [2.75, 3.05) is 6.61 Å². The number of ether oxygens (including phenoxy) is 2. The van der Waals surface area contributed by atoms with Crippen molar-refractivity contribution >= 4 is 0 Å². The minimum absolute atomic E-state index is 0.187. The van der Waals surface area contributed by atoms with Crippen molar-refractivity contribution < 1.29 is 19.0 Å². The molecule has 0 saturated carbocycles. The summed E-state index contributed by atoms with van der Waals surface area (Å²) < 4.78 is 25.1. The summed E-state index contributed by atoms with van der Waals surface area (Å²) in [5, 5.41) is 9.41. The Morgan fingerprint density at radius 1 is 1.04 bits per heavy atom. The van der Waals surface area contributed by atoms with E-state index in [1.165, 1.54) is 25.0 Å². The molecule has 0 bridgehead atoms. The highest BCUT2D eigenvalue weighted by molar-refractivity contribution is 5.70. The van der Waals surface area contributed by atoms with E-state index in [2.05, 4.69) is 6.92 Å². The van der Waals surface area contributed by atoms with Crippen LogP contribution in [0.4, 0.5) is 4.39 Å². The summed E-state index contributed by atoms with van der Waals surface area (Å²) in [5.74, 6) is 0.261. The third kappa shape index (κ3) is 5.53. The zero-order chi connectivity index (χ0) is 17.4. The average molecular weight is 332 g/mol.